The van der Waals surface area contributed by atoms with Gasteiger partial charge >= 0.3 is 0 Å². The van der Waals surface area contributed by atoms with Crippen LogP contribution in [0.1, 0.15) is 35.7 Å². The van der Waals surface area contributed by atoms with Crippen molar-refractivity contribution in [1.29, 1.82) is 0 Å². The van der Waals surface area contributed by atoms with Crippen molar-refractivity contribution in [2.45, 2.75) is 32.2 Å². The van der Waals surface area contributed by atoms with Gasteiger partial charge in [-0.2, -0.15) is 0 Å². The zero-order chi connectivity index (χ0) is 22.3. The van der Waals surface area contributed by atoms with Gasteiger partial charge in [0.15, 0.2) is 0 Å². The Morgan fingerprint density at radius 3 is 2.28 bits per heavy atom. The van der Waals surface area contributed by atoms with Crippen LogP contribution in [-0.4, -0.2) is 73.5 Å². The number of rotatable bonds is 8. The second-order valence-electron chi connectivity index (χ2n) is 8.72. The molecule has 1 saturated heterocycles. The topological polar surface area (TPSA) is 55.9 Å². The molecule has 0 spiro atoms. The van der Waals surface area contributed by atoms with Crippen LogP contribution < -0.4 is 10.2 Å². The van der Waals surface area contributed by atoms with E-state index in [1.807, 2.05) is 42.5 Å². The predicted octanol–water partition coefficient (Wildman–Crippen LogP) is 2.79. The van der Waals surface area contributed by atoms with Crippen molar-refractivity contribution >= 4 is 17.5 Å². The fourth-order valence-corrected chi connectivity index (χ4v) is 4.75. The minimum Gasteiger partial charge on any atom is -0.354 e. The molecule has 6 nitrogen and oxygen atoms in total. The summed E-state index contributed by atoms with van der Waals surface area (Å²) >= 11 is 0. The highest BCUT2D eigenvalue weighted by Crippen LogP contribution is 2.33. The van der Waals surface area contributed by atoms with Crippen LogP contribution in [-0.2, 0) is 11.2 Å². The van der Waals surface area contributed by atoms with Crippen LogP contribution in [0.2, 0.25) is 0 Å². The lowest BCUT2D eigenvalue weighted by molar-refractivity contribution is -0.122. The molecule has 32 heavy (non-hydrogen) atoms. The first-order valence-electron chi connectivity index (χ1n) is 11.9. The standard InChI is InChI=1S/C26H34N4O2/c1-2-14-28-16-18-29(19-17-28)15-8-13-27-25(31)24-20-22-11-6-7-12-23(22)30(24)26(32)21-9-4-3-5-10-21/h3-7,9-12,24H,2,8,13-20H2,1H3,(H,27,31). The first-order chi connectivity index (χ1) is 15.7. The molecule has 1 atom stereocenters. The lowest BCUT2D eigenvalue weighted by atomic mass is 10.1. The molecule has 2 aliphatic rings. The van der Waals surface area contributed by atoms with Crippen LogP contribution in [0.25, 0.3) is 0 Å². The van der Waals surface area contributed by atoms with Crippen molar-refractivity contribution in [2.24, 2.45) is 0 Å². The van der Waals surface area contributed by atoms with Gasteiger partial charge in [-0.3, -0.25) is 14.5 Å². The Kier molecular flexibility index (Phi) is 7.55. The number of hydrogen-bond donors (Lipinski definition) is 1. The van der Waals surface area contributed by atoms with E-state index in [4.69, 9.17) is 0 Å². The highest BCUT2D eigenvalue weighted by Gasteiger charge is 2.38. The third-order valence-corrected chi connectivity index (χ3v) is 6.47. The molecule has 4 rings (SSSR count). The molecule has 0 aromatic heterocycles. The van der Waals surface area contributed by atoms with E-state index in [1.54, 1.807) is 17.0 Å². The molecule has 0 bridgehead atoms. The summed E-state index contributed by atoms with van der Waals surface area (Å²) in [6.07, 6.45) is 2.69. The maximum Gasteiger partial charge on any atom is 0.259 e. The van der Waals surface area contributed by atoms with Gasteiger partial charge in [-0.05, 0) is 49.7 Å². The molecular formula is C26H34N4O2. The number of hydrogen-bond acceptors (Lipinski definition) is 4. The molecule has 2 heterocycles. The van der Waals surface area contributed by atoms with Gasteiger partial charge in [0.05, 0.1) is 0 Å². The monoisotopic (exact) mass is 434 g/mol. The van der Waals surface area contributed by atoms with E-state index in [0.29, 0.717) is 18.5 Å². The molecule has 1 fully saturated rings. The number of piperazine rings is 1. The highest BCUT2D eigenvalue weighted by molar-refractivity contribution is 6.11. The summed E-state index contributed by atoms with van der Waals surface area (Å²) in [5.74, 6) is -0.195. The largest absolute Gasteiger partial charge is 0.354 e. The molecule has 0 radical (unpaired) electrons. The van der Waals surface area contributed by atoms with Gasteiger partial charge in [-0.1, -0.05) is 43.3 Å². The molecule has 2 aromatic rings. The summed E-state index contributed by atoms with van der Waals surface area (Å²) in [6, 6.07) is 16.5. The summed E-state index contributed by atoms with van der Waals surface area (Å²) in [6.45, 7) is 9.52. The Morgan fingerprint density at radius 2 is 1.56 bits per heavy atom. The predicted molar refractivity (Wildman–Crippen MR) is 128 cm³/mol. The third-order valence-electron chi connectivity index (χ3n) is 6.47. The van der Waals surface area contributed by atoms with E-state index in [2.05, 4.69) is 22.0 Å². The van der Waals surface area contributed by atoms with E-state index in [-0.39, 0.29) is 11.8 Å². The first kappa shape index (κ1) is 22.5. The van der Waals surface area contributed by atoms with Crippen molar-refractivity contribution in [3.05, 3.63) is 65.7 Å². The van der Waals surface area contributed by atoms with E-state index < -0.39 is 6.04 Å². The zero-order valence-corrected chi connectivity index (χ0v) is 19.0. The van der Waals surface area contributed by atoms with E-state index >= 15 is 0 Å². The fraction of sp³-hybridized carbons (Fsp3) is 0.462. The average molecular weight is 435 g/mol. The van der Waals surface area contributed by atoms with E-state index in [9.17, 15) is 9.59 Å². The second kappa shape index (κ2) is 10.7. The van der Waals surface area contributed by atoms with Crippen molar-refractivity contribution in [3.8, 4) is 0 Å². The number of nitrogens with one attached hydrogen (secondary N) is 1. The number of anilines is 1. The summed E-state index contributed by atoms with van der Waals surface area (Å²) < 4.78 is 0. The van der Waals surface area contributed by atoms with Crippen LogP contribution in [0, 0.1) is 0 Å². The Hall–Kier alpha value is -2.70. The van der Waals surface area contributed by atoms with Crippen LogP contribution in [0.4, 0.5) is 5.69 Å². The fourth-order valence-electron chi connectivity index (χ4n) is 4.75. The molecule has 6 heteroatoms. The molecule has 170 valence electrons. The number of benzene rings is 2. The lowest BCUT2D eigenvalue weighted by Gasteiger charge is -2.34. The maximum absolute atomic E-state index is 13.3. The molecule has 0 aliphatic carbocycles. The maximum atomic E-state index is 13.3. The number of fused-ring (bicyclic) bond motifs is 1. The van der Waals surface area contributed by atoms with Gasteiger partial charge in [-0.25, -0.2) is 0 Å². The molecule has 1 unspecified atom stereocenters. The lowest BCUT2D eigenvalue weighted by Crippen LogP contribution is -2.49. The molecule has 2 aliphatic heterocycles. The number of para-hydroxylation sites is 1. The van der Waals surface area contributed by atoms with Gasteiger partial charge in [0.1, 0.15) is 6.04 Å². The number of carbonyl (C=O) groups excluding carboxylic acids is 2. The van der Waals surface area contributed by atoms with Gasteiger partial charge in [-0.15, -0.1) is 0 Å². The Bertz CT molecular complexity index is 909. The summed E-state index contributed by atoms with van der Waals surface area (Å²) in [5, 5.41) is 3.09. The van der Waals surface area contributed by atoms with E-state index in [1.165, 1.54) is 13.0 Å². The summed E-state index contributed by atoms with van der Waals surface area (Å²) in [5.41, 5.74) is 2.48. The Balaban J connectivity index is 1.32. The molecule has 2 aromatic carbocycles. The summed E-state index contributed by atoms with van der Waals surface area (Å²) in [7, 11) is 0. The SMILES string of the molecule is CCCN1CCN(CCCNC(=O)C2Cc3ccccc3N2C(=O)c2ccccc2)CC1. The zero-order valence-electron chi connectivity index (χ0n) is 19.0. The number of amides is 2. The van der Waals surface area contributed by atoms with Crippen LogP contribution in [0.5, 0.6) is 0 Å². The summed E-state index contributed by atoms with van der Waals surface area (Å²) in [4.78, 5) is 33.0. The Labute approximate surface area is 191 Å². The van der Waals surface area contributed by atoms with Gasteiger partial charge in [0.2, 0.25) is 5.91 Å². The average Bonchev–Trinajstić information content (AvgIpc) is 3.23. The minimum absolute atomic E-state index is 0.0711. The van der Waals surface area contributed by atoms with Crippen molar-refractivity contribution in [3.63, 3.8) is 0 Å². The highest BCUT2D eigenvalue weighted by atomic mass is 16.2. The normalized spacial score (nSPS) is 19.0. The first-order valence-corrected chi connectivity index (χ1v) is 11.9. The van der Waals surface area contributed by atoms with Crippen LogP contribution in [0.3, 0.4) is 0 Å². The molecule has 1 N–H and O–H groups in total. The van der Waals surface area contributed by atoms with Crippen molar-refractivity contribution in [2.75, 3.05) is 50.7 Å². The van der Waals surface area contributed by atoms with Crippen molar-refractivity contribution in [1.82, 2.24) is 15.1 Å². The molecule has 2 amide bonds. The smallest absolute Gasteiger partial charge is 0.259 e. The molecular weight excluding hydrogens is 400 g/mol. The van der Waals surface area contributed by atoms with Gasteiger partial charge in [0.25, 0.3) is 5.91 Å². The second-order valence-corrected chi connectivity index (χ2v) is 8.72. The molecule has 0 saturated carbocycles. The quantitative estimate of drug-likeness (QED) is 0.649. The third kappa shape index (κ3) is 5.19. The van der Waals surface area contributed by atoms with Crippen molar-refractivity contribution < 1.29 is 9.59 Å². The minimum atomic E-state index is -0.502. The van der Waals surface area contributed by atoms with Gasteiger partial charge < -0.3 is 15.1 Å². The van der Waals surface area contributed by atoms with Gasteiger partial charge in [0, 0.05) is 50.4 Å². The number of nitrogens with zero attached hydrogens (tertiary/aromatic N) is 3. The van der Waals surface area contributed by atoms with Crippen LogP contribution >= 0.6 is 0 Å². The van der Waals surface area contributed by atoms with E-state index in [0.717, 1.165) is 50.4 Å². The number of carbonyl (C=O) groups is 2. The Morgan fingerprint density at radius 1 is 0.906 bits per heavy atom. The van der Waals surface area contributed by atoms with Crippen LogP contribution in [0.15, 0.2) is 54.6 Å².